The van der Waals surface area contributed by atoms with Crippen molar-refractivity contribution in [1.29, 1.82) is 0 Å². The maximum atomic E-state index is 12.0. The van der Waals surface area contributed by atoms with Crippen molar-refractivity contribution in [1.82, 2.24) is 15.0 Å². The lowest BCUT2D eigenvalue weighted by atomic mass is 10.2. The van der Waals surface area contributed by atoms with Crippen molar-refractivity contribution in [3.8, 4) is 5.75 Å². The zero-order valence-electron chi connectivity index (χ0n) is 15.0. The predicted octanol–water partition coefficient (Wildman–Crippen LogP) is 3.98. The standard InChI is InChI=1S/C19H19BrN4O2S/c1-3-26-17-9-8-13(10-14(17)20)11-21-23-18(25)12-27-19-22-15-6-4-5-7-16(15)24(19)2/h4-11H,3,12H2,1-2H3,(H,23,25)/b21-11-. The molecule has 0 bridgehead atoms. The Bertz CT molecular complexity index is 987. The molecule has 1 heterocycles. The highest BCUT2D eigenvalue weighted by atomic mass is 79.9. The Kier molecular flexibility index (Phi) is 6.52. The van der Waals surface area contributed by atoms with Crippen LogP contribution in [0.2, 0.25) is 0 Å². The highest BCUT2D eigenvalue weighted by molar-refractivity contribution is 9.10. The molecule has 1 aromatic heterocycles. The zero-order valence-corrected chi connectivity index (χ0v) is 17.4. The number of aromatic nitrogens is 2. The number of para-hydroxylation sites is 2. The summed E-state index contributed by atoms with van der Waals surface area (Å²) < 4.78 is 8.29. The van der Waals surface area contributed by atoms with Crippen LogP contribution in [-0.4, -0.2) is 34.0 Å². The Morgan fingerprint density at radius 1 is 1.37 bits per heavy atom. The molecular weight excluding hydrogens is 428 g/mol. The minimum atomic E-state index is -0.187. The first-order chi connectivity index (χ1) is 13.1. The van der Waals surface area contributed by atoms with Crippen molar-refractivity contribution in [3.63, 3.8) is 0 Å². The molecule has 140 valence electrons. The van der Waals surface area contributed by atoms with Crippen LogP contribution in [-0.2, 0) is 11.8 Å². The summed E-state index contributed by atoms with van der Waals surface area (Å²) >= 11 is 4.83. The SMILES string of the molecule is CCOc1ccc(/C=N\NC(=O)CSc2nc3ccccc3n2C)cc1Br. The van der Waals surface area contributed by atoms with Crippen LogP contribution in [0.1, 0.15) is 12.5 Å². The van der Waals surface area contributed by atoms with E-state index in [-0.39, 0.29) is 11.7 Å². The summed E-state index contributed by atoms with van der Waals surface area (Å²) in [6, 6.07) is 13.5. The fourth-order valence-electron chi connectivity index (χ4n) is 2.46. The van der Waals surface area contributed by atoms with Crippen LogP contribution in [0, 0.1) is 0 Å². The van der Waals surface area contributed by atoms with E-state index < -0.39 is 0 Å². The van der Waals surface area contributed by atoms with E-state index in [1.54, 1.807) is 6.21 Å². The minimum absolute atomic E-state index is 0.187. The first-order valence-corrected chi connectivity index (χ1v) is 10.1. The third kappa shape index (κ3) is 4.90. The summed E-state index contributed by atoms with van der Waals surface area (Å²) in [5.41, 5.74) is 5.35. The summed E-state index contributed by atoms with van der Waals surface area (Å²) in [5, 5.41) is 4.81. The van der Waals surface area contributed by atoms with Gasteiger partial charge in [-0.05, 0) is 58.7 Å². The number of aryl methyl sites for hydroxylation is 1. The van der Waals surface area contributed by atoms with Gasteiger partial charge in [0.25, 0.3) is 5.91 Å². The van der Waals surface area contributed by atoms with Gasteiger partial charge in [-0.1, -0.05) is 23.9 Å². The third-order valence-electron chi connectivity index (χ3n) is 3.74. The van der Waals surface area contributed by atoms with Crippen LogP contribution in [0.5, 0.6) is 5.75 Å². The van der Waals surface area contributed by atoms with E-state index in [0.717, 1.165) is 32.0 Å². The van der Waals surface area contributed by atoms with Crippen LogP contribution in [0.3, 0.4) is 0 Å². The number of hydrogen-bond acceptors (Lipinski definition) is 5. The maximum absolute atomic E-state index is 12.0. The summed E-state index contributed by atoms with van der Waals surface area (Å²) in [6.45, 7) is 2.54. The topological polar surface area (TPSA) is 68.5 Å². The molecule has 27 heavy (non-hydrogen) atoms. The Hall–Kier alpha value is -2.32. The lowest BCUT2D eigenvalue weighted by Gasteiger charge is -2.05. The Morgan fingerprint density at radius 3 is 2.93 bits per heavy atom. The minimum Gasteiger partial charge on any atom is -0.493 e. The number of benzene rings is 2. The Labute approximate surface area is 170 Å². The van der Waals surface area contributed by atoms with E-state index >= 15 is 0 Å². The molecule has 0 spiro atoms. The van der Waals surface area contributed by atoms with Crippen molar-refractivity contribution < 1.29 is 9.53 Å². The maximum Gasteiger partial charge on any atom is 0.250 e. The van der Waals surface area contributed by atoms with Gasteiger partial charge in [0.05, 0.1) is 34.1 Å². The molecule has 0 atom stereocenters. The molecule has 8 heteroatoms. The molecule has 0 aliphatic heterocycles. The van der Waals surface area contributed by atoms with Crippen LogP contribution in [0.4, 0.5) is 0 Å². The van der Waals surface area contributed by atoms with Gasteiger partial charge in [-0.25, -0.2) is 10.4 Å². The lowest BCUT2D eigenvalue weighted by Crippen LogP contribution is -2.19. The monoisotopic (exact) mass is 446 g/mol. The van der Waals surface area contributed by atoms with Crippen LogP contribution in [0.15, 0.2) is 57.2 Å². The largest absolute Gasteiger partial charge is 0.493 e. The zero-order chi connectivity index (χ0) is 19.2. The summed E-state index contributed by atoms with van der Waals surface area (Å²) in [4.78, 5) is 16.6. The second-order valence-electron chi connectivity index (χ2n) is 5.65. The van der Waals surface area contributed by atoms with Gasteiger partial charge in [0.2, 0.25) is 0 Å². The highest BCUT2D eigenvalue weighted by Gasteiger charge is 2.09. The smallest absolute Gasteiger partial charge is 0.250 e. The van der Waals surface area contributed by atoms with Crippen molar-refractivity contribution in [2.45, 2.75) is 12.1 Å². The molecule has 0 aliphatic rings. The molecule has 0 aliphatic carbocycles. The van der Waals surface area contributed by atoms with Crippen LogP contribution < -0.4 is 10.2 Å². The summed E-state index contributed by atoms with van der Waals surface area (Å²) in [5.74, 6) is 0.826. The van der Waals surface area contributed by atoms with Crippen LogP contribution in [0.25, 0.3) is 11.0 Å². The van der Waals surface area contributed by atoms with Crippen molar-refractivity contribution in [2.75, 3.05) is 12.4 Å². The number of hydrogen-bond donors (Lipinski definition) is 1. The average molecular weight is 447 g/mol. The van der Waals surface area contributed by atoms with Gasteiger partial charge < -0.3 is 9.30 Å². The van der Waals surface area contributed by atoms with Gasteiger partial charge in [0.15, 0.2) is 5.16 Å². The first-order valence-electron chi connectivity index (χ1n) is 8.37. The predicted molar refractivity (Wildman–Crippen MR) is 112 cm³/mol. The van der Waals surface area contributed by atoms with E-state index in [2.05, 4.69) is 31.4 Å². The second-order valence-corrected chi connectivity index (χ2v) is 7.44. The molecule has 0 radical (unpaired) electrons. The fraction of sp³-hybridized carbons (Fsp3) is 0.211. The summed E-state index contributed by atoms with van der Waals surface area (Å²) in [7, 11) is 1.94. The molecule has 0 unspecified atom stereocenters. The number of carbonyl (C=O) groups excluding carboxylic acids is 1. The Morgan fingerprint density at radius 2 is 2.19 bits per heavy atom. The molecular formula is C19H19BrN4O2S. The van der Waals surface area contributed by atoms with Crippen LogP contribution >= 0.6 is 27.7 Å². The lowest BCUT2D eigenvalue weighted by molar-refractivity contribution is -0.118. The number of fused-ring (bicyclic) bond motifs is 1. The van der Waals surface area contributed by atoms with Gasteiger partial charge in [-0.15, -0.1) is 0 Å². The van der Waals surface area contributed by atoms with Gasteiger partial charge in [0.1, 0.15) is 5.75 Å². The number of carbonyl (C=O) groups is 1. The van der Waals surface area contributed by atoms with Crippen molar-refractivity contribution in [3.05, 3.63) is 52.5 Å². The number of imidazole rings is 1. The third-order valence-corrected chi connectivity index (χ3v) is 5.39. The molecule has 0 fully saturated rings. The van der Waals surface area contributed by atoms with Gasteiger partial charge in [-0.2, -0.15) is 5.10 Å². The van der Waals surface area contributed by atoms with E-state index in [1.807, 2.05) is 61.0 Å². The number of amides is 1. The molecule has 6 nitrogen and oxygen atoms in total. The van der Waals surface area contributed by atoms with E-state index in [9.17, 15) is 4.79 Å². The molecule has 1 N–H and O–H groups in total. The van der Waals surface area contributed by atoms with Gasteiger partial charge in [-0.3, -0.25) is 4.79 Å². The van der Waals surface area contributed by atoms with Gasteiger partial charge in [0, 0.05) is 7.05 Å². The highest BCUT2D eigenvalue weighted by Crippen LogP contribution is 2.25. The second kappa shape index (κ2) is 9.05. The molecule has 0 saturated carbocycles. The number of ether oxygens (including phenoxy) is 1. The van der Waals surface area contributed by atoms with E-state index in [0.29, 0.717) is 6.61 Å². The number of halogens is 1. The summed E-state index contributed by atoms with van der Waals surface area (Å²) in [6.07, 6.45) is 1.60. The molecule has 3 aromatic rings. The quantitative estimate of drug-likeness (QED) is 0.338. The Balaban J connectivity index is 1.54. The van der Waals surface area contributed by atoms with E-state index in [1.165, 1.54) is 11.8 Å². The normalized spacial score (nSPS) is 11.2. The molecule has 1 amide bonds. The number of hydrazone groups is 1. The fourth-order valence-corrected chi connectivity index (χ4v) is 3.75. The number of nitrogens with zero attached hydrogens (tertiary/aromatic N) is 3. The van der Waals surface area contributed by atoms with Crippen molar-refractivity contribution >= 4 is 50.8 Å². The van der Waals surface area contributed by atoms with E-state index in [4.69, 9.17) is 4.74 Å². The number of nitrogens with one attached hydrogen (secondary N) is 1. The molecule has 2 aromatic carbocycles. The number of thioether (sulfide) groups is 1. The van der Waals surface area contributed by atoms with Gasteiger partial charge >= 0.3 is 0 Å². The van der Waals surface area contributed by atoms with Crippen molar-refractivity contribution in [2.24, 2.45) is 12.1 Å². The first kappa shape index (κ1) is 19.4. The average Bonchev–Trinajstić information content (AvgIpc) is 2.98. The number of rotatable bonds is 7. The molecule has 0 saturated heterocycles. The molecule has 3 rings (SSSR count).